The summed E-state index contributed by atoms with van der Waals surface area (Å²) in [5, 5.41) is 12.6. The van der Waals surface area contributed by atoms with E-state index in [2.05, 4.69) is 10.0 Å². The predicted octanol–water partition coefficient (Wildman–Crippen LogP) is 4.87. The van der Waals surface area contributed by atoms with Crippen LogP contribution in [-0.2, 0) is 33.4 Å². The van der Waals surface area contributed by atoms with Gasteiger partial charge in [0.05, 0.1) is 19.3 Å². The first-order chi connectivity index (χ1) is 21.9. The highest BCUT2D eigenvalue weighted by Crippen LogP contribution is 2.45. The summed E-state index contributed by atoms with van der Waals surface area (Å²) in [6.07, 6.45) is 10.9. The van der Waals surface area contributed by atoms with Gasteiger partial charge in [-0.2, -0.15) is 0 Å². The van der Waals surface area contributed by atoms with Crippen molar-refractivity contribution in [1.29, 1.82) is 0 Å². The van der Waals surface area contributed by atoms with Gasteiger partial charge >= 0.3 is 0 Å². The van der Waals surface area contributed by atoms with Crippen LogP contribution < -0.4 is 0 Å². The number of aliphatic imine (C=N–C) groups is 1. The topological polar surface area (TPSA) is 169 Å². The summed E-state index contributed by atoms with van der Waals surface area (Å²) in [5.74, 6) is 0.247. The molecule has 13 heteroatoms. The molecular formula is C32H51N5O7S. The van der Waals surface area contributed by atoms with Crippen molar-refractivity contribution in [2.24, 2.45) is 16.0 Å². The largest absolute Gasteiger partial charge is 0.615 e. The third kappa shape index (κ3) is 8.29. The summed E-state index contributed by atoms with van der Waals surface area (Å²) in [6.45, 7) is 2.54. The average Bonchev–Trinajstić information content (AvgIpc) is 3.48. The number of amides is 1. The number of carbonyl (C=O) groups excluding carboxylic acids is 1. The normalized spacial score (nSPS) is 31.1. The molecule has 3 fully saturated rings. The predicted molar refractivity (Wildman–Crippen MR) is 171 cm³/mol. The van der Waals surface area contributed by atoms with E-state index in [1.165, 1.54) is 0 Å². The van der Waals surface area contributed by atoms with E-state index in [0.29, 0.717) is 64.5 Å². The standard InChI is InChI=1S/C32H51N5O7S/c33-36-34-23-25-7-4-5-10-28(25)29-32(31(39)37-16-20-42-21-17-37,15-22-45(40,41)27-8-2-1-3-9-27)35-30(44-29)24-11-13-26(14-12-24)43-19-6-18-38/h24,26-27,29,38H,1-23H2/t24?,26?,29-,32-/m1/s1. The van der Waals surface area contributed by atoms with Gasteiger partial charge in [-0.25, -0.2) is 4.99 Å². The van der Waals surface area contributed by atoms with Crippen molar-refractivity contribution in [3.05, 3.63) is 21.6 Å². The first-order valence-corrected chi connectivity index (χ1v) is 18.9. The van der Waals surface area contributed by atoms with E-state index in [1.54, 1.807) is 4.90 Å². The number of aliphatic hydroxyl groups excluding tert-OH is 1. The lowest BCUT2D eigenvalue weighted by Crippen LogP contribution is -2.57. The van der Waals surface area contributed by atoms with Gasteiger partial charge in [0.2, 0.25) is 0 Å². The Morgan fingerprint density at radius 2 is 1.84 bits per heavy atom. The van der Waals surface area contributed by atoms with Crippen LogP contribution in [-0.4, -0.2) is 101 Å². The van der Waals surface area contributed by atoms with Crippen molar-refractivity contribution in [3.63, 3.8) is 0 Å². The van der Waals surface area contributed by atoms with E-state index in [9.17, 15) is 13.6 Å². The number of ether oxygens (including phenoxy) is 3. The molecule has 0 radical (unpaired) electrons. The summed E-state index contributed by atoms with van der Waals surface area (Å²) >= 11 is 0. The minimum atomic E-state index is -3.45. The van der Waals surface area contributed by atoms with Crippen molar-refractivity contribution in [3.8, 4) is 0 Å². The zero-order chi connectivity index (χ0) is 31.7. The first kappa shape index (κ1) is 34.3. The van der Waals surface area contributed by atoms with Crippen LogP contribution in [0.3, 0.4) is 0 Å². The summed E-state index contributed by atoms with van der Waals surface area (Å²) in [7, 11) is -3.45. The van der Waals surface area contributed by atoms with Crippen LogP contribution >= 0.6 is 0 Å². The molecule has 12 nitrogen and oxygen atoms in total. The fraction of sp³-hybridized carbons (Fsp3) is 0.875. The molecule has 5 rings (SSSR count). The molecular weight excluding hydrogens is 598 g/mol. The van der Waals surface area contributed by atoms with Crippen LogP contribution in [0.15, 0.2) is 21.3 Å². The second-order valence-electron chi connectivity index (χ2n) is 13.3. The lowest BCUT2D eigenvalue weighted by Gasteiger charge is -2.39. The van der Waals surface area contributed by atoms with Crippen LogP contribution in [0, 0.1) is 5.92 Å². The molecule has 0 aromatic carbocycles. The molecule has 2 heterocycles. The van der Waals surface area contributed by atoms with Crippen molar-refractivity contribution in [1.82, 2.24) is 4.90 Å². The minimum Gasteiger partial charge on any atom is -0.615 e. The highest BCUT2D eigenvalue weighted by molar-refractivity contribution is 7.98. The van der Waals surface area contributed by atoms with E-state index >= 15 is 0 Å². The van der Waals surface area contributed by atoms with Crippen LogP contribution in [0.4, 0.5) is 0 Å². The molecule has 2 saturated carbocycles. The Kier molecular flexibility index (Phi) is 12.4. The van der Waals surface area contributed by atoms with Gasteiger partial charge in [-0.3, -0.25) is 4.79 Å². The van der Waals surface area contributed by atoms with E-state index in [0.717, 1.165) is 75.4 Å². The highest BCUT2D eigenvalue weighted by Gasteiger charge is 2.57. The maximum Gasteiger partial charge on any atom is 0.255 e. The van der Waals surface area contributed by atoms with Gasteiger partial charge in [0.15, 0.2) is 17.5 Å². The Morgan fingerprint density at radius 3 is 2.56 bits per heavy atom. The number of carbonyl (C=O) groups is 1. The molecule has 2 aliphatic heterocycles. The highest BCUT2D eigenvalue weighted by atomic mass is 32.3. The van der Waals surface area contributed by atoms with E-state index in [1.807, 2.05) is 0 Å². The molecule has 0 aromatic rings. The van der Waals surface area contributed by atoms with Gasteiger partial charge in [-0.1, -0.05) is 17.1 Å². The number of aliphatic hydroxyl groups is 1. The third-order valence-electron chi connectivity index (χ3n) is 10.4. The summed E-state index contributed by atoms with van der Waals surface area (Å²) in [6, 6.07) is 0. The van der Waals surface area contributed by atoms with E-state index in [4.69, 9.17) is 29.8 Å². The Morgan fingerprint density at radius 1 is 1.11 bits per heavy atom. The van der Waals surface area contributed by atoms with Gasteiger partial charge in [-0.15, -0.1) is 4.21 Å². The summed E-state index contributed by atoms with van der Waals surface area (Å²) < 4.78 is 45.9. The quantitative estimate of drug-likeness (QED) is 0.0741. The molecule has 0 bridgehead atoms. The third-order valence-corrected chi connectivity index (χ3v) is 12.7. The van der Waals surface area contributed by atoms with Crippen molar-refractivity contribution >= 4 is 22.0 Å². The van der Waals surface area contributed by atoms with Gasteiger partial charge in [0.25, 0.3) is 5.91 Å². The molecule has 3 aliphatic carbocycles. The van der Waals surface area contributed by atoms with Crippen LogP contribution in [0.25, 0.3) is 10.4 Å². The van der Waals surface area contributed by atoms with Gasteiger partial charge in [0.1, 0.15) is 11.0 Å². The Hall–Kier alpha value is -2.02. The molecule has 3 atom stereocenters. The molecule has 0 spiro atoms. The molecule has 5 aliphatic rings. The number of azide groups is 1. The number of sulfone groups is 1. The van der Waals surface area contributed by atoms with E-state index in [-0.39, 0.29) is 48.5 Å². The zero-order valence-electron chi connectivity index (χ0n) is 26.6. The van der Waals surface area contributed by atoms with Gasteiger partial charge < -0.3 is 28.8 Å². The van der Waals surface area contributed by atoms with Gasteiger partial charge in [0, 0.05) is 60.3 Å². The smallest absolute Gasteiger partial charge is 0.255 e. The maximum atomic E-state index is 14.8. The lowest BCUT2D eigenvalue weighted by atomic mass is 9.78. The second-order valence-corrected chi connectivity index (χ2v) is 15.7. The lowest BCUT2D eigenvalue weighted by molar-refractivity contribution is -0.143. The van der Waals surface area contributed by atoms with E-state index < -0.39 is 21.9 Å². The SMILES string of the molecule is [N-]=[N+]=NCC1=C([C@H]2OC(C3CCC(OCCCO)CC3)=N[C@@]2(CC[S+](=O)([O-])C2CCCCC2)C(=O)N2CCOCC2)CCCC1. The second kappa shape index (κ2) is 16.2. The fourth-order valence-electron chi connectivity index (χ4n) is 7.83. The molecule has 1 saturated heterocycles. The summed E-state index contributed by atoms with van der Waals surface area (Å²) in [5.41, 5.74) is 9.65. The number of rotatable bonds is 13. The monoisotopic (exact) mass is 649 g/mol. The first-order valence-electron chi connectivity index (χ1n) is 17.2. The number of hydrogen-bond acceptors (Lipinski definition) is 9. The number of morpholine rings is 1. The fourth-order valence-corrected chi connectivity index (χ4v) is 9.81. The molecule has 1 unspecified atom stereocenters. The molecule has 1 N–H and O–H groups in total. The Labute approximate surface area is 268 Å². The van der Waals surface area contributed by atoms with Crippen LogP contribution in [0.1, 0.15) is 96.3 Å². The molecule has 1 amide bonds. The zero-order valence-corrected chi connectivity index (χ0v) is 27.4. The maximum absolute atomic E-state index is 14.8. The Bertz CT molecular complexity index is 1170. The molecule has 0 aromatic heterocycles. The van der Waals surface area contributed by atoms with Crippen molar-refractivity contribution < 1.29 is 32.9 Å². The van der Waals surface area contributed by atoms with Gasteiger partial charge in [-0.05, 0) is 94.6 Å². The average molecular weight is 650 g/mol. The number of nitrogens with zero attached hydrogens (tertiary/aromatic N) is 5. The summed E-state index contributed by atoms with van der Waals surface area (Å²) in [4.78, 5) is 24.8. The minimum absolute atomic E-state index is 0.00396. The molecule has 252 valence electrons. The van der Waals surface area contributed by atoms with Crippen LogP contribution in [0.2, 0.25) is 0 Å². The number of hydrogen-bond donors (Lipinski definition) is 1. The Balaban J connectivity index is 1.50. The van der Waals surface area contributed by atoms with Crippen molar-refractivity contribution in [2.75, 3.05) is 51.8 Å². The van der Waals surface area contributed by atoms with Crippen LogP contribution in [0.5, 0.6) is 0 Å². The molecule has 45 heavy (non-hydrogen) atoms. The van der Waals surface area contributed by atoms with Crippen molar-refractivity contribution in [2.45, 2.75) is 119 Å².